The van der Waals surface area contributed by atoms with E-state index in [4.69, 9.17) is 0 Å². The third-order valence-electron chi connectivity index (χ3n) is 4.12. The van der Waals surface area contributed by atoms with Gasteiger partial charge in [0.1, 0.15) is 0 Å². The molecular weight excluding hydrogens is 240 g/mol. The lowest BCUT2D eigenvalue weighted by Gasteiger charge is -2.26. The van der Waals surface area contributed by atoms with Crippen LogP contribution in [0.5, 0.6) is 0 Å². The molecule has 0 atom stereocenters. The van der Waals surface area contributed by atoms with Gasteiger partial charge < -0.3 is 5.32 Å². The molecule has 1 fully saturated rings. The van der Waals surface area contributed by atoms with Gasteiger partial charge in [-0.25, -0.2) is 0 Å². The van der Waals surface area contributed by atoms with Crippen LogP contribution in [0.3, 0.4) is 0 Å². The van der Waals surface area contributed by atoms with Crippen molar-refractivity contribution in [3.63, 3.8) is 0 Å². The number of nitro groups is 1. The summed E-state index contributed by atoms with van der Waals surface area (Å²) < 4.78 is 0. The van der Waals surface area contributed by atoms with Gasteiger partial charge in [0.2, 0.25) is 0 Å². The molecule has 4 nitrogen and oxygen atoms in total. The molecule has 2 rings (SSSR count). The van der Waals surface area contributed by atoms with Crippen molar-refractivity contribution in [2.45, 2.75) is 39.5 Å². The Labute approximate surface area is 114 Å². The molecule has 1 aliphatic rings. The van der Waals surface area contributed by atoms with Gasteiger partial charge in [0.15, 0.2) is 0 Å². The number of anilines is 1. The molecule has 0 radical (unpaired) electrons. The third kappa shape index (κ3) is 3.69. The van der Waals surface area contributed by atoms with Crippen LogP contribution in [0.1, 0.15) is 38.2 Å². The molecule has 0 saturated heterocycles. The van der Waals surface area contributed by atoms with Gasteiger partial charge in [-0.1, -0.05) is 19.8 Å². The van der Waals surface area contributed by atoms with Gasteiger partial charge in [-0.05, 0) is 43.7 Å². The van der Waals surface area contributed by atoms with Gasteiger partial charge in [-0.3, -0.25) is 10.1 Å². The summed E-state index contributed by atoms with van der Waals surface area (Å²) in [5.74, 6) is 1.62. The predicted molar refractivity (Wildman–Crippen MR) is 77.4 cm³/mol. The molecule has 19 heavy (non-hydrogen) atoms. The first kappa shape index (κ1) is 13.8. The summed E-state index contributed by atoms with van der Waals surface area (Å²) in [5, 5.41) is 14.2. The van der Waals surface area contributed by atoms with E-state index in [0.29, 0.717) is 5.56 Å². The maximum Gasteiger partial charge on any atom is 0.272 e. The first-order chi connectivity index (χ1) is 9.06. The maximum atomic E-state index is 10.8. The van der Waals surface area contributed by atoms with E-state index >= 15 is 0 Å². The maximum absolute atomic E-state index is 10.8. The zero-order valence-corrected chi connectivity index (χ0v) is 11.7. The molecule has 1 N–H and O–H groups in total. The van der Waals surface area contributed by atoms with E-state index in [2.05, 4.69) is 12.2 Å². The van der Waals surface area contributed by atoms with Gasteiger partial charge in [-0.2, -0.15) is 0 Å². The summed E-state index contributed by atoms with van der Waals surface area (Å²) in [7, 11) is 0. The summed E-state index contributed by atoms with van der Waals surface area (Å²) in [6, 6.07) is 5.25. The molecule has 0 aliphatic heterocycles. The number of hydrogen-bond donors (Lipinski definition) is 1. The number of nitrogens with one attached hydrogen (secondary N) is 1. The van der Waals surface area contributed by atoms with Crippen LogP contribution in [0.4, 0.5) is 11.4 Å². The van der Waals surface area contributed by atoms with E-state index in [-0.39, 0.29) is 10.6 Å². The number of nitrogens with zero attached hydrogens (tertiary/aromatic N) is 1. The zero-order chi connectivity index (χ0) is 13.8. The first-order valence-electron chi connectivity index (χ1n) is 7.05. The van der Waals surface area contributed by atoms with Gasteiger partial charge in [0, 0.05) is 23.9 Å². The van der Waals surface area contributed by atoms with Crippen molar-refractivity contribution in [2.75, 3.05) is 11.9 Å². The Hall–Kier alpha value is -1.58. The van der Waals surface area contributed by atoms with Crippen LogP contribution in [0.15, 0.2) is 18.2 Å². The molecule has 0 bridgehead atoms. The second kappa shape index (κ2) is 6.04. The fraction of sp³-hybridized carbons (Fsp3) is 0.600. The van der Waals surface area contributed by atoms with Crippen LogP contribution < -0.4 is 5.32 Å². The molecule has 0 unspecified atom stereocenters. The number of benzene rings is 1. The van der Waals surface area contributed by atoms with Crippen molar-refractivity contribution in [3.8, 4) is 0 Å². The summed E-state index contributed by atoms with van der Waals surface area (Å²) >= 11 is 0. The van der Waals surface area contributed by atoms with Crippen molar-refractivity contribution in [1.82, 2.24) is 0 Å². The highest BCUT2D eigenvalue weighted by atomic mass is 16.6. The van der Waals surface area contributed by atoms with E-state index in [1.807, 2.05) is 6.07 Å². The smallest absolute Gasteiger partial charge is 0.272 e. The Morgan fingerprint density at radius 3 is 2.58 bits per heavy atom. The Morgan fingerprint density at radius 2 is 2.00 bits per heavy atom. The minimum Gasteiger partial charge on any atom is -0.385 e. The van der Waals surface area contributed by atoms with Gasteiger partial charge in [0.05, 0.1) is 4.92 Å². The van der Waals surface area contributed by atoms with Crippen molar-refractivity contribution < 1.29 is 4.92 Å². The quantitative estimate of drug-likeness (QED) is 0.655. The Balaban J connectivity index is 1.89. The van der Waals surface area contributed by atoms with E-state index < -0.39 is 0 Å². The highest BCUT2D eigenvalue weighted by molar-refractivity contribution is 5.53. The van der Waals surface area contributed by atoms with E-state index in [0.717, 1.165) is 24.1 Å². The molecule has 0 amide bonds. The fourth-order valence-electron chi connectivity index (χ4n) is 2.77. The molecule has 104 valence electrons. The Bertz CT molecular complexity index is 451. The van der Waals surface area contributed by atoms with Crippen LogP contribution in [0, 0.1) is 28.9 Å². The second-order valence-corrected chi connectivity index (χ2v) is 5.77. The van der Waals surface area contributed by atoms with Gasteiger partial charge in [-0.15, -0.1) is 0 Å². The topological polar surface area (TPSA) is 55.2 Å². The molecule has 4 heteroatoms. The molecule has 1 aromatic carbocycles. The number of aryl methyl sites for hydroxylation is 1. The highest BCUT2D eigenvalue weighted by Gasteiger charge is 2.18. The van der Waals surface area contributed by atoms with Crippen LogP contribution in [0.25, 0.3) is 0 Å². The summed E-state index contributed by atoms with van der Waals surface area (Å²) in [5.41, 5.74) is 1.89. The Kier molecular flexibility index (Phi) is 4.40. The van der Waals surface area contributed by atoms with Crippen LogP contribution in [-0.2, 0) is 0 Å². The van der Waals surface area contributed by atoms with Crippen molar-refractivity contribution >= 4 is 11.4 Å². The second-order valence-electron chi connectivity index (χ2n) is 5.77. The molecule has 1 aromatic rings. The molecule has 1 saturated carbocycles. The van der Waals surface area contributed by atoms with E-state index in [9.17, 15) is 10.1 Å². The van der Waals surface area contributed by atoms with Gasteiger partial charge in [0.25, 0.3) is 5.69 Å². The number of hydrogen-bond acceptors (Lipinski definition) is 3. The SMILES string of the molecule is Cc1cc(NCC2CCC(C)CC2)ccc1[N+](=O)[O-]. The average Bonchev–Trinajstić information content (AvgIpc) is 2.37. The lowest BCUT2D eigenvalue weighted by Crippen LogP contribution is -2.20. The Morgan fingerprint density at radius 1 is 1.32 bits per heavy atom. The first-order valence-corrected chi connectivity index (χ1v) is 7.05. The third-order valence-corrected chi connectivity index (χ3v) is 4.12. The lowest BCUT2D eigenvalue weighted by atomic mass is 9.83. The summed E-state index contributed by atoms with van der Waals surface area (Å²) in [6.07, 6.45) is 5.23. The fourth-order valence-corrected chi connectivity index (χ4v) is 2.77. The lowest BCUT2D eigenvalue weighted by molar-refractivity contribution is -0.385. The minimum atomic E-state index is -0.332. The van der Waals surface area contributed by atoms with Crippen molar-refractivity contribution in [3.05, 3.63) is 33.9 Å². The normalized spacial score (nSPS) is 23.1. The van der Waals surface area contributed by atoms with Gasteiger partial charge >= 0.3 is 0 Å². The molecular formula is C15H22N2O2. The summed E-state index contributed by atoms with van der Waals surface area (Å²) in [4.78, 5) is 10.4. The average molecular weight is 262 g/mol. The molecule has 0 aromatic heterocycles. The standard InChI is InChI=1S/C15H22N2O2/c1-11-3-5-13(6-4-11)10-16-14-7-8-15(17(18)19)12(2)9-14/h7-9,11,13,16H,3-6,10H2,1-2H3. The van der Waals surface area contributed by atoms with E-state index in [1.54, 1.807) is 19.1 Å². The minimum absolute atomic E-state index is 0.192. The number of rotatable bonds is 4. The molecule has 0 spiro atoms. The zero-order valence-electron chi connectivity index (χ0n) is 11.7. The van der Waals surface area contributed by atoms with Crippen LogP contribution >= 0.6 is 0 Å². The van der Waals surface area contributed by atoms with E-state index in [1.165, 1.54) is 25.7 Å². The number of nitro benzene ring substituents is 1. The molecule has 0 heterocycles. The highest BCUT2D eigenvalue weighted by Crippen LogP contribution is 2.29. The van der Waals surface area contributed by atoms with Crippen LogP contribution in [-0.4, -0.2) is 11.5 Å². The molecule has 1 aliphatic carbocycles. The summed E-state index contributed by atoms with van der Waals surface area (Å²) in [6.45, 7) is 5.08. The predicted octanol–water partition coefficient (Wildman–Crippen LogP) is 4.14. The largest absolute Gasteiger partial charge is 0.385 e. The van der Waals surface area contributed by atoms with Crippen LogP contribution in [0.2, 0.25) is 0 Å². The van der Waals surface area contributed by atoms with Crippen molar-refractivity contribution in [2.24, 2.45) is 11.8 Å². The monoisotopic (exact) mass is 262 g/mol. The van der Waals surface area contributed by atoms with Crippen molar-refractivity contribution in [1.29, 1.82) is 0 Å².